The van der Waals surface area contributed by atoms with Gasteiger partial charge in [-0.1, -0.05) is 65.8 Å². The molecule has 3 aromatic carbocycles. The zero-order chi connectivity index (χ0) is 19.1. The van der Waals surface area contributed by atoms with Gasteiger partial charge in [-0.25, -0.2) is 4.79 Å². The van der Waals surface area contributed by atoms with Gasteiger partial charge in [0.05, 0.1) is 12.7 Å². The van der Waals surface area contributed by atoms with Crippen molar-refractivity contribution in [3.05, 3.63) is 102 Å². The van der Waals surface area contributed by atoms with Crippen LogP contribution in [0, 0.1) is 0 Å². The lowest BCUT2D eigenvalue weighted by atomic mass is 10.0. The van der Waals surface area contributed by atoms with Gasteiger partial charge in [-0.3, -0.25) is 4.79 Å². The maximum absolute atomic E-state index is 12.8. The van der Waals surface area contributed by atoms with Crippen LogP contribution in [0.15, 0.2) is 90.1 Å². The van der Waals surface area contributed by atoms with Crippen molar-refractivity contribution in [2.45, 2.75) is 0 Å². The van der Waals surface area contributed by atoms with Crippen molar-refractivity contribution in [2.24, 2.45) is 5.16 Å². The van der Waals surface area contributed by atoms with Crippen LogP contribution in [0.25, 0.3) is 0 Å². The van der Waals surface area contributed by atoms with E-state index in [2.05, 4.69) is 5.16 Å². The highest BCUT2D eigenvalue weighted by Gasteiger charge is 2.18. The van der Waals surface area contributed by atoms with Gasteiger partial charge in [0.2, 0.25) is 5.78 Å². The Morgan fingerprint density at radius 3 is 1.81 bits per heavy atom. The van der Waals surface area contributed by atoms with Gasteiger partial charge in [0, 0.05) is 11.1 Å². The largest absolute Gasteiger partial charge is 0.497 e. The number of benzene rings is 3. The van der Waals surface area contributed by atoms with Crippen molar-refractivity contribution in [1.29, 1.82) is 0 Å². The van der Waals surface area contributed by atoms with Crippen LogP contribution in [0.4, 0.5) is 0 Å². The van der Waals surface area contributed by atoms with Crippen molar-refractivity contribution < 1.29 is 19.2 Å². The third kappa shape index (κ3) is 4.46. The van der Waals surface area contributed by atoms with Crippen molar-refractivity contribution in [1.82, 2.24) is 0 Å². The van der Waals surface area contributed by atoms with Crippen LogP contribution in [0.5, 0.6) is 5.75 Å². The Hall–Kier alpha value is -3.73. The first-order valence-corrected chi connectivity index (χ1v) is 8.27. The first kappa shape index (κ1) is 18.1. The number of Topliss-reactive ketones (excluding diaryl/α,β-unsaturated/α-hetero) is 1. The molecule has 27 heavy (non-hydrogen) atoms. The van der Waals surface area contributed by atoms with E-state index in [1.54, 1.807) is 79.9 Å². The SMILES string of the molecule is COc1ccc(C(=O)O/N=C(/C(=O)c2ccccc2)c2ccccc2)cc1. The monoisotopic (exact) mass is 359 g/mol. The molecule has 0 spiro atoms. The van der Waals surface area contributed by atoms with Crippen LogP contribution in [-0.4, -0.2) is 24.6 Å². The van der Waals surface area contributed by atoms with E-state index in [0.29, 0.717) is 22.4 Å². The molecule has 0 radical (unpaired) electrons. The molecule has 3 rings (SSSR count). The van der Waals surface area contributed by atoms with E-state index < -0.39 is 5.97 Å². The predicted molar refractivity (Wildman–Crippen MR) is 102 cm³/mol. The summed E-state index contributed by atoms with van der Waals surface area (Å²) >= 11 is 0. The first-order chi connectivity index (χ1) is 13.2. The van der Waals surface area contributed by atoms with E-state index in [1.165, 1.54) is 0 Å². The summed E-state index contributed by atoms with van der Waals surface area (Å²) in [4.78, 5) is 30.1. The Morgan fingerprint density at radius 1 is 0.704 bits per heavy atom. The molecule has 0 aliphatic carbocycles. The minimum Gasteiger partial charge on any atom is -0.497 e. The van der Waals surface area contributed by atoms with Crippen molar-refractivity contribution >= 4 is 17.5 Å². The summed E-state index contributed by atoms with van der Waals surface area (Å²) in [6, 6.07) is 24.0. The second-order valence-corrected chi connectivity index (χ2v) is 5.61. The van der Waals surface area contributed by atoms with Crippen LogP contribution in [0.2, 0.25) is 0 Å². The number of ether oxygens (including phenoxy) is 1. The van der Waals surface area contributed by atoms with E-state index in [0.717, 1.165) is 0 Å². The number of methoxy groups -OCH3 is 1. The molecule has 0 heterocycles. The zero-order valence-corrected chi connectivity index (χ0v) is 14.7. The number of hydrogen-bond donors (Lipinski definition) is 0. The average Bonchev–Trinajstić information content (AvgIpc) is 2.75. The molecule has 5 nitrogen and oxygen atoms in total. The maximum atomic E-state index is 12.8. The van der Waals surface area contributed by atoms with E-state index in [9.17, 15) is 9.59 Å². The number of carbonyl (C=O) groups is 2. The van der Waals surface area contributed by atoms with E-state index in [1.807, 2.05) is 12.1 Å². The summed E-state index contributed by atoms with van der Waals surface area (Å²) in [6.45, 7) is 0. The minimum absolute atomic E-state index is 0.0589. The number of carbonyl (C=O) groups excluding carboxylic acids is 2. The fourth-order valence-corrected chi connectivity index (χ4v) is 2.41. The van der Waals surface area contributed by atoms with Gasteiger partial charge in [-0.15, -0.1) is 0 Å². The molecular weight excluding hydrogens is 342 g/mol. The van der Waals surface area contributed by atoms with Crippen LogP contribution in [0.1, 0.15) is 26.3 Å². The summed E-state index contributed by atoms with van der Waals surface area (Å²) in [5, 5.41) is 3.88. The van der Waals surface area contributed by atoms with Gasteiger partial charge in [0.15, 0.2) is 5.71 Å². The lowest BCUT2D eigenvalue weighted by Gasteiger charge is -2.06. The summed E-state index contributed by atoms with van der Waals surface area (Å²) < 4.78 is 5.06. The Balaban J connectivity index is 1.88. The normalized spacial score (nSPS) is 10.9. The second-order valence-electron chi connectivity index (χ2n) is 5.61. The Kier molecular flexibility index (Phi) is 5.74. The summed E-state index contributed by atoms with van der Waals surface area (Å²) in [5.41, 5.74) is 1.39. The topological polar surface area (TPSA) is 65.0 Å². The Labute approximate surface area is 156 Å². The molecule has 134 valence electrons. The predicted octanol–water partition coefficient (Wildman–Crippen LogP) is 4.14. The molecule has 3 aromatic rings. The third-order valence-electron chi connectivity index (χ3n) is 3.84. The summed E-state index contributed by atoms with van der Waals surface area (Å²) in [5.74, 6) is -0.365. The Morgan fingerprint density at radius 2 is 1.26 bits per heavy atom. The van der Waals surface area contributed by atoms with Crippen LogP contribution in [0.3, 0.4) is 0 Å². The fraction of sp³-hybridized carbons (Fsp3) is 0.0455. The average molecular weight is 359 g/mol. The quantitative estimate of drug-likeness (QED) is 0.287. The fourth-order valence-electron chi connectivity index (χ4n) is 2.41. The van der Waals surface area contributed by atoms with Gasteiger partial charge in [0.25, 0.3) is 0 Å². The number of hydrogen-bond acceptors (Lipinski definition) is 5. The molecule has 0 bridgehead atoms. The smallest absolute Gasteiger partial charge is 0.365 e. The van der Waals surface area contributed by atoms with Crippen molar-refractivity contribution in [3.8, 4) is 5.75 Å². The molecule has 0 aliphatic heterocycles. The molecule has 0 amide bonds. The first-order valence-electron chi connectivity index (χ1n) is 8.27. The van der Waals surface area contributed by atoms with Gasteiger partial charge in [-0.2, -0.15) is 0 Å². The van der Waals surface area contributed by atoms with Crippen molar-refractivity contribution in [3.63, 3.8) is 0 Å². The van der Waals surface area contributed by atoms with Crippen molar-refractivity contribution in [2.75, 3.05) is 7.11 Å². The highest BCUT2D eigenvalue weighted by Crippen LogP contribution is 2.13. The number of nitrogens with zero attached hydrogens (tertiary/aromatic N) is 1. The lowest BCUT2D eigenvalue weighted by molar-refractivity contribution is 0.0516. The highest BCUT2D eigenvalue weighted by molar-refractivity contribution is 6.51. The van der Waals surface area contributed by atoms with Gasteiger partial charge < -0.3 is 9.57 Å². The number of rotatable bonds is 6. The third-order valence-corrected chi connectivity index (χ3v) is 3.84. The number of ketones is 1. The zero-order valence-electron chi connectivity index (χ0n) is 14.7. The molecule has 0 aliphatic rings. The standard InChI is InChI=1S/C22H17NO4/c1-26-19-14-12-18(13-15-19)22(25)27-23-20(16-8-4-2-5-9-16)21(24)17-10-6-3-7-11-17/h2-15H,1H3/b23-20+. The summed E-state index contributed by atoms with van der Waals surface area (Å²) in [7, 11) is 1.54. The minimum atomic E-state index is -0.660. The molecule has 0 saturated carbocycles. The molecule has 0 atom stereocenters. The molecule has 0 saturated heterocycles. The van der Waals surface area contributed by atoms with Gasteiger partial charge in [-0.05, 0) is 24.3 Å². The van der Waals surface area contributed by atoms with Gasteiger partial charge in [0.1, 0.15) is 5.75 Å². The molecule has 0 fully saturated rings. The molecule has 0 unspecified atom stereocenters. The lowest BCUT2D eigenvalue weighted by Crippen LogP contribution is -2.17. The Bertz CT molecular complexity index is 949. The summed E-state index contributed by atoms with van der Waals surface area (Å²) in [6.07, 6.45) is 0. The maximum Gasteiger partial charge on any atom is 0.365 e. The highest BCUT2D eigenvalue weighted by atomic mass is 16.7. The number of oxime groups is 1. The molecule has 5 heteroatoms. The molecular formula is C22H17NO4. The van der Waals surface area contributed by atoms with Gasteiger partial charge >= 0.3 is 5.97 Å². The van der Waals surface area contributed by atoms with E-state index >= 15 is 0 Å². The second kappa shape index (κ2) is 8.58. The molecule has 0 aromatic heterocycles. The van der Waals surface area contributed by atoms with E-state index in [4.69, 9.17) is 9.57 Å². The molecule has 0 N–H and O–H groups in total. The van der Waals surface area contributed by atoms with Crippen LogP contribution >= 0.6 is 0 Å². The van der Waals surface area contributed by atoms with Crippen LogP contribution in [-0.2, 0) is 4.84 Å². The van der Waals surface area contributed by atoms with Crippen LogP contribution < -0.4 is 4.74 Å². The van der Waals surface area contributed by atoms with E-state index in [-0.39, 0.29) is 11.5 Å².